The summed E-state index contributed by atoms with van der Waals surface area (Å²) in [5.74, 6) is 3.42. The first-order chi connectivity index (χ1) is 14.4. The van der Waals surface area contributed by atoms with Crippen LogP contribution in [0, 0.1) is 34.5 Å². The summed E-state index contributed by atoms with van der Waals surface area (Å²) >= 11 is 0. The number of hydrogen-bond donors (Lipinski definition) is 1. The van der Waals surface area contributed by atoms with Gasteiger partial charge in [-0.25, -0.2) is 9.18 Å². The lowest BCUT2D eigenvalue weighted by atomic mass is 9.47. The minimum Gasteiger partial charge on any atom is -0.446 e. The minimum absolute atomic E-state index is 0.0354. The summed E-state index contributed by atoms with van der Waals surface area (Å²) in [6.07, 6.45) is 11.8. The van der Waals surface area contributed by atoms with E-state index in [-0.39, 0.29) is 18.1 Å². The van der Waals surface area contributed by atoms with Crippen LogP contribution in [0.1, 0.15) is 65.2 Å². The van der Waals surface area contributed by atoms with Crippen molar-refractivity contribution in [2.24, 2.45) is 34.5 Å². The molecule has 0 aromatic carbocycles. The molecule has 0 aromatic heterocycles. The lowest BCUT2D eigenvalue weighted by Gasteiger charge is -2.58. The van der Waals surface area contributed by atoms with Gasteiger partial charge in [0.2, 0.25) is 0 Å². The van der Waals surface area contributed by atoms with Crippen molar-refractivity contribution in [3.63, 3.8) is 0 Å². The third-order valence-electron chi connectivity index (χ3n) is 10.3. The molecule has 1 spiro atoms. The van der Waals surface area contributed by atoms with Crippen molar-refractivity contribution in [1.29, 1.82) is 0 Å². The van der Waals surface area contributed by atoms with Crippen LogP contribution in [0.2, 0.25) is 0 Å². The summed E-state index contributed by atoms with van der Waals surface area (Å²) in [6, 6.07) is 0.743. The molecule has 8 atom stereocenters. The molecule has 1 unspecified atom stereocenters. The number of nitrogens with one attached hydrogen (secondary N) is 1. The zero-order valence-corrected chi connectivity index (χ0v) is 19.0. The van der Waals surface area contributed by atoms with Gasteiger partial charge in [0.05, 0.1) is 0 Å². The van der Waals surface area contributed by atoms with Crippen LogP contribution >= 0.6 is 0 Å². The normalized spacial score (nSPS) is 47.5. The predicted molar refractivity (Wildman–Crippen MR) is 116 cm³/mol. The Kier molecular flexibility index (Phi) is 5.19. The summed E-state index contributed by atoms with van der Waals surface area (Å²) in [5, 5.41) is 2.50. The van der Waals surface area contributed by atoms with E-state index in [2.05, 4.69) is 37.2 Å². The molecule has 4 fully saturated rings. The predicted octanol–water partition coefficient (Wildman–Crippen LogP) is 4.94. The van der Waals surface area contributed by atoms with Crippen molar-refractivity contribution in [1.82, 2.24) is 10.2 Å². The van der Waals surface area contributed by atoms with Gasteiger partial charge in [-0.1, -0.05) is 18.6 Å². The molecule has 1 aliphatic heterocycles. The van der Waals surface area contributed by atoms with Crippen molar-refractivity contribution >= 4 is 6.09 Å². The molecule has 1 N–H and O–H groups in total. The van der Waals surface area contributed by atoms with Gasteiger partial charge in [0.1, 0.15) is 12.8 Å². The smallest absolute Gasteiger partial charge is 0.407 e. The number of rotatable bonds is 3. The third kappa shape index (κ3) is 2.97. The molecule has 30 heavy (non-hydrogen) atoms. The van der Waals surface area contributed by atoms with Gasteiger partial charge < -0.3 is 15.0 Å². The standard InChI is InChI=1S/C25H39FN2O2/c1-16-20-6-7-22-19-5-4-17-14-18(30-23(29)27-13-12-26)8-10-24(17,2)21(19)9-11-25(20,22)15-28(16)3/h4,16,18-22H,5-15H2,1-3H3,(H,27,29)/t16-,18-,19+,20+,21-,22?,24-,25-/m0/s1. The molecule has 0 aromatic rings. The zero-order chi connectivity index (χ0) is 21.1. The average molecular weight is 419 g/mol. The average Bonchev–Trinajstić information content (AvgIpc) is 3.21. The van der Waals surface area contributed by atoms with Crippen molar-refractivity contribution in [2.75, 3.05) is 26.8 Å². The molecule has 4 nitrogen and oxygen atoms in total. The van der Waals surface area contributed by atoms with Gasteiger partial charge in [0.25, 0.3) is 0 Å². The van der Waals surface area contributed by atoms with E-state index < -0.39 is 12.8 Å². The van der Waals surface area contributed by atoms with Crippen molar-refractivity contribution in [3.05, 3.63) is 11.6 Å². The van der Waals surface area contributed by atoms with Gasteiger partial charge in [-0.2, -0.15) is 0 Å². The number of nitrogens with zero attached hydrogens (tertiary/aromatic N) is 1. The van der Waals surface area contributed by atoms with Gasteiger partial charge >= 0.3 is 6.09 Å². The Morgan fingerprint density at radius 3 is 2.83 bits per heavy atom. The molecule has 0 radical (unpaired) electrons. The molecule has 5 rings (SSSR count). The van der Waals surface area contributed by atoms with Crippen LogP contribution in [0.5, 0.6) is 0 Å². The Hall–Kier alpha value is -1.10. The van der Waals surface area contributed by atoms with Crippen molar-refractivity contribution < 1.29 is 13.9 Å². The second kappa shape index (κ2) is 7.50. The molecule has 1 heterocycles. The quantitative estimate of drug-likeness (QED) is 0.660. The molecule has 0 bridgehead atoms. The van der Waals surface area contributed by atoms with Crippen LogP contribution < -0.4 is 5.32 Å². The number of ether oxygens (including phenoxy) is 1. The SMILES string of the molecule is C[C@H]1[C@H]2CCC3[C@@H]4CC=C5C[C@@H](OC(=O)NCCF)CC[C@]5(C)[C@H]4CC[C@@]32CN1C. The number of carbonyl (C=O) groups is 1. The van der Waals surface area contributed by atoms with Crippen LogP contribution in [0.25, 0.3) is 0 Å². The highest BCUT2D eigenvalue weighted by atomic mass is 19.1. The molecule has 3 saturated carbocycles. The van der Waals surface area contributed by atoms with E-state index in [1.807, 2.05) is 0 Å². The monoisotopic (exact) mass is 418 g/mol. The lowest BCUT2D eigenvalue weighted by molar-refractivity contribution is -0.0488. The second-order valence-electron chi connectivity index (χ2n) is 11.3. The molecule has 1 amide bonds. The first-order valence-corrected chi connectivity index (χ1v) is 12.3. The van der Waals surface area contributed by atoms with Crippen molar-refractivity contribution in [3.8, 4) is 0 Å². The van der Waals surface area contributed by atoms with Crippen LogP contribution in [0.15, 0.2) is 11.6 Å². The first-order valence-electron chi connectivity index (χ1n) is 12.3. The van der Waals surface area contributed by atoms with Crippen LogP contribution in [0.4, 0.5) is 9.18 Å². The number of amides is 1. The molecule has 1 saturated heterocycles. The van der Waals surface area contributed by atoms with E-state index >= 15 is 0 Å². The molecule has 5 aliphatic rings. The lowest BCUT2D eigenvalue weighted by Crippen LogP contribution is -2.52. The number of carbonyl (C=O) groups excluding carboxylic acids is 1. The maximum atomic E-state index is 12.3. The van der Waals surface area contributed by atoms with E-state index in [4.69, 9.17) is 4.74 Å². The highest BCUT2D eigenvalue weighted by Crippen LogP contribution is 2.68. The van der Waals surface area contributed by atoms with E-state index in [0.29, 0.717) is 5.41 Å². The molecule has 5 heteroatoms. The van der Waals surface area contributed by atoms with Gasteiger partial charge in [0, 0.05) is 25.6 Å². The van der Waals surface area contributed by atoms with E-state index in [1.54, 1.807) is 0 Å². The topological polar surface area (TPSA) is 41.6 Å². The number of fused-ring (bicyclic) bond motifs is 4. The zero-order valence-electron chi connectivity index (χ0n) is 19.0. The summed E-state index contributed by atoms with van der Waals surface area (Å²) < 4.78 is 17.9. The summed E-state index contributed by atoms with van der Waals surface area (Å²) in [7, 11) is 2.34. The Balaban J connectivity index is 1.32. The first kappa shape index (κ1) is 20.8. The Morgan fingerprint density at radius 2 is 2.03 bits per heavy atom. The fourth-order valence-corrected chi connectivity index (χ4v) is 8.87. The molecule has 4 aliphatic carbocycles. The third-order valence-corrected chi connectivity index (χ3v) is 10.3. The van der Waals surface area contributed by atoms with Crippen LogP contribution in [-0.2, 0) is 4.74 Å². The van der Waals surface area contributed by atoms with E-state index in [9.17, 15) is 9.18 Å². The minimum atomic E-state index is -0.551. The summed E-state index contributed by atoms with van der Waals surface area (Å²) in [4.78, 5) is 14.5. The number of hydrogen-bond acceptors (Lipinski definition) is 3. The van der Waals surface area contributed by atoms with E-state index in [0.717, 1.165) is 49.0 Å². The molecular formula is C25H39FN2O2. The van der Waals surface area contributed by atoms with Crippen molar-refractivity contribution in [2.45, 2.75) is 77.4 Å². The summed E-state index contributed by atoms with van der Waals surface area (Å²) in [5.41, 5.74) is 2.38. The highest BCUT2D eigenvalue weighted by Gasteiger charge is 2.64. The fourth-order valence-electron chi connectivity index (χ4n) is 8.87. The van der Waals surface area contributed by atoms with Gasteiger partial charge in [-0.15, -0.1) is 0 Å². The largest absolute Gasteiger partial charge is 0.446 e. The second-order valence-corrected chi connectivity index (χ2v) is 11.3. The number of alkyl carbamates (subject to hydrolysis) is 1. The van der Waals surface area contributed by atoms with Crippen LogP contribution in [-0.4, -0.2) is 50.0 Å². The Labute approximate surface area is 181 Å². The Bertz CT molecular complexity index is 726. The van der Waals surface area contributed by atoms with Crippen LogP contribution in [0.3, 0.4) is 0 Å². The van der Waals surface area contributed by atoms with E-state index in [1.165, 1.54) is 44.2 Å². The number of alkyl halides is 1. The molecule has 168 valence electrons. The van der Waals surface area contributed by atoms with Gasteiger partial charge in [-0.3, -0.25) is 0 Å². The fraction of sp³-hybridized carbons (Fsp3) is 0.880. The highest BCUT2D eigenvalue weighted by molar-refractivity contribution is 5.67. The van der Waals surface area contributed by atoms with Gasteiger partial charge in [-0.05, 0) is 93.4 Å². The number of halogens is 1. The molecular weight excluding hydrogens is 379 g/mol. The number of likely N-dealkylation sites (tertiary alicyclic amines) is 1. The number of allylic oxidation sites excluding steroid dienone is 1. The van der Waals surface area contributed by atoms with Gasteiger partial charge in [0.15, 0.2) is 0 Å². The summed E-state index contributed by atoms with van der Waals surface area (Å²) in [6.45, 7) is 5.75. The maximum Gasteiger partial charge on any atom is 0.407 e. The maximum absolute atomic E-state index is 12.3. The Morgan fingerprint density at radius 1 is 1.23 bits per heavy atom.